The summed E-state index contributed by atoms with van der Waals surface area (Å²) in [5.41, 5.74) is 1.18. The van der Waals surface area contributed by atoms with Gasteiger partial charge in [0.25, 0.3) is 0 Å². The van der Waals surface area contributed by atoms with E-state index in [-0.39, 0.29) is 0 Å². The maximum absolute atomic E-state index is 6.11. The molecule has 0 aliphatic heterocycles. The Bertz CT molecular complexity index is 312. The van der Waals surface area contributed by atoms with Gasteiger partial charge in [-0.1, -0.05) is 36.2 Å². The van der Waals surface area contributed by atoms with Crippen molar-refractivity contribution < 1.29 is 0 Å². The minimum Gasteiger partial charge on any atom is -0.320 e. The van der Waals surface area contributed by atoms with Crippen LogP contribution < -0.4 is 5.32 Å². The minimum atomic E-state index is 0.635. The molecule has 1 unspecified atom stereocenters. The van der Waals surface area contributed by atoms with E-state index in [4.69, 9.17) is 23.2 Å². The van der Waals surface area contributed by atoms with Crippen LogP contribution in [0, 0.1) is 5.92 Å². The number of hydrogen-bond acceptors (Lipinski definition) is 1. The predicted molar refractivity (Wildman–Crippen MR) is 67.9 cm³/mol. The van der Waals surface area contributed by atoms with E-state index in [2.05, 4.69) is 12.2 Å². The summed E-state index contributed by atoms with van der Waals surface area (Å²) < 4.78 is 0. The molecule has 1 nitrogen and oxygen atoms in total. The monoisotopic (exact) mass is 245 g/mol. The van der Waals surface area contributed by atoms with Crippen LogP contribution in [0.3, 0.4) is 0 Å². The van der Waals surface area contributed by atoms with Crippen LogP contribution >= 0.6 is 23.2 Å². The van der Waals surface area contributed by atoms with Crippen LogP contribution in [0.1, 0.15) is 18.9 Å². The summed E-state index contributed by atoms with van der Waals surface area (Å²) in [4.78, 5) is 0. The first kappa shape index (κ1) is 12.8. The fourth-order valence-corrected chi connectivity index (χ4v) is 2.04. The summed E-state index contributed by atoms with van der Waals surface area (Å²) in [5, 5.41) is 4.63. The Labute approximate surface area is 102 Å². The van der Waals surface area contributed by atoms with E-state index in [9.17, 15) is 0 Å². The van der Waals surface area contributed by atoms with Crippen LogP contribution in [0.25, 0.3) is 0 Å². The third-order valence-corrected chi connectivity index (χ3v) is 3.06. The molecule has 0 saturated carbocycles. The maximum Gasteiger partial charge on any atom is 0.0452 e. The van der Waals surface area contributed by atoms with E-state index < -0.39 is 0 Å². The van der Waals surface area contributed by atoms with Crippen LogP contribution in [0.5, 0.6) is 0 Å². The quantitative estimate of drug-likeness (QED) is 0.833. The first-order valence-corrected chi connectivity index (χ1v) is 5.97. The van der Waals surface area contributed by atoms with E-state index in [0.29, 0.717) is 10.9 Å². The Kier molecular flexibility index (Phi) is 5.44. The van der Waals surface area contributed by atoms with Crippen LogP contribution in [-0.2, 0) is 6.42 Å². The first-order valence-electron chi connectivity index (χ1n) is 5.22. The van der Waals surface area contributed by atoms with E-state index in [1.54, 1.807) is 0 Å². The zero-order chi connectivity index (χ0) is 11.3. The Hall–Kier alpha value is -0.240. The first-order chi connectivity index (χ1) is 7.13. The van der Waals surface area contributed by atoms with Crippen LogP contribution in [0.4, 0.5) is 0 Å². The minimum absolute atomic E-state index is 0.635. The van der Waals surface area contributed by atoms with Crippen LogP contribution in [0.15, 0.2) is 18.2 Å². The lowest BCUT2D eigenvalue weighted by atomic mass is 9.98. The molecule has 1 atom stereocenters. The van der Waals surface area contributed by atoms with Crippen molar-refractivity contribution in [3.05, 3.63) is 33.8 Å². The summed E-state index contributed by atoms with van der Waals surface area (Å²) in [7, 11) is 1.97. The van der Waals surface area contributed by atoms with Crippen molar-refractivity contribution in [3.63, 3.8) is 0 Å². The highest BCUT2D eigenvalue weighted by molar-refractivity contribution is 6.35. The summed E-state index contributed by atoms with van der Waals surface area (Å²) >= 11 is 12.0. The second-order valence-corrected chi connectivity index (χ2v) is 4.78. The van der Waals surface area contributed by atoms with Gasteiger partial charge in [0.05, 0.1) is 0 Å². The van der Waals surface area contributed by atoms with Crippen molar-refractivity contribution in [3.8, 4) is 0 Å². The van der Waals surface area contributed by atoms with Crippen molar-refractivity contribution in [1.82, 2.24) is 5.32 Å². The third kappa shape index (κ3) is 4.42. The molecule has 84 valence electrons. The molecule has 0 aliphatic carbocycles. The highest BCUT2D eigenvalue weighted by Crippen LogP contribution is 2.23. The molecule has 0 amide bonds. The van der Waals surface area contributed by atoms with Gasteiger partial charge in [0.1, 0.15) is 0 Å². The molecule has 0 spiro atoms. The van der Waals surface area contributed by atoms with Crippen molar-refractivity contribution in [2.45, 2.75) is 19.8 Å². The smallest absolute Gasteiger partial charge is 0.0452 e. The molecule has 1 rings (SSSR count). The highest BCUT2D eigenvalue weighted by Gasteiger charge is 2.06. The van der Waals surface area contributed by atoms with Gasteiger partial charge in [-0.3, -0.25) is 0 Å². The summed E-state index contributed by atoms with van der Waals surface area (Å²) in [6, 6.07) is 5.72. The van der Waals surface area contributed by atoms with Gasteiger partial charge in [0, 0.05) is 10.0 Å². The molecule has 0 fully saturated rings. The van der Waals surface area contributed by atoms with Crippen molar-refractivity contribution in [2.75, 3.05) is 13.6 Å². The molecule has 1 aromatic carbocycles. The topological polar surface area (TPSA) is 12.0 Å². The Morgan fingerprint density at radius 3 is 2.67 bits per heavy atom. The molecule has 0 aliphatic rings. The average molecular weight is 246 g/mol. The van der Waals surface area contributed by atoms with Gasteiger partial charge in [-0.15, -0.1) is 0 Å². The molecular weight excluding hydrogens is 229 g/mol. The number of nitrogens with one attached hydrogen (secondary N) is 1. The van der Waals surface area contributed by atoms with E-state index >= 15 is 0 Å². The van der Waals surface area contributed by atoms with Crippen molar-refractivity contribution in [1.29, 1.82) is 0 Å². The lowest BCUT2D eigenvalue weighted by molar-refractivity contribution is 0.515. The van der Waals surface area contributed by atoms with Gasteiger partial charge in [0.15, 0.2) is 0 Å². The van der Waals surface area contributed by atoms with Gasteiger partial charge in [-0.2, -0.15) is 0 Å². The van der Waals surface area contributed by atoms with Gasteiger partial charge in [-0.05, 0) is 50.0 Å². The number of hydrogen-bond donors (Lipinski definition) is 1. The van der Waals surface area contributed by atoms with E-state index in [1.165, 1.54) is 5.56 Å². The molecule has 15 heavy (non-hydrogen) atoms. The molecule has 0 heterocycles. The third-order valence-electron chi connectivity index (χ3n) is 2.47. The van der Waals surface area contributed by atoms with Gasteiger partial charge >= 0.3 is 0 Å². The largest absolute Gasteiger partial charge is 0.320 e. The van der Waals surface area contributed by atoms with Crippen LogP contribution in [-0.4, -0.2) is 13.6 Å². The second-order valence-electron chi connectivity index (χ2n) is 3.94. The normalized spacial score (nSPS) is 12.8. The summed E-state index contributed by atoms with van der Waals surface area (Å²) in [6.07, 6.45) is 2.17. The molecule has 0 bridgehead atoms. The highest BCUT2D eigenvalue weighted by atomic mass is 35.5. The summed E-state index contributed by atoms with van der Waals surface area (Å²) in [5.74, 6) is 0.635. The fraction of sp³-hybridized carbons (Fsp3) is 0.500. The molecule has 0 aromatic heterocycles. The Morgan fingerprint density at radius 2 is 2.07 bits per heavy atom. The molecule has 0 saturated heterocycles. The zero-order valence-electron chi connectivity index (χ0n) is 9.19. The van der Waals surface area contributed by atoms with Crippen LogP contribution in [0.2, 0.25) is 10.0 Å². The second kappa shape index (κ2) is 6.37. The predicted octanol–water partition coefficient (Wildman–Crippen LogP) is 3.78. The average Bonchev–Trinajstić information content (AvgIpc) is 2.19. The van der Waals surface area contributed by atoms with E-state index in [1.807, 2.05) is 25.2 Å². The number of rotatable bonds is 5. The van der Waals surface area contributed by atoms with Gasteiger partial charge in [-0.25, -0.2) is 0 Å². The number of halogens is 2. The molecule has 3 heteroatoms. The summed E-state index contributed by atoms with van der Waals surface area (Å²) in [6.45, 7) is 3.29. The Balaban J connectivity index is 2.56. The zero-order valence-corrected chi connectivity index (χ0v) is 10.7. The van der Waals surface area contributed by atoms with Gasteiger partial charge < -0.3 is 5.32 Å². The molecule has 0 radical (unpaired) electrons. The van der Waals surface area contributed by atoms with Crippen molar-refractivity contribution >= 4 is 23.2 Å². The lowest BCUT2D eigenvalue weighted by Crippen LogP contribution is -2.12. The van der Waals surface area contributed by atoms with Gasteiger partial charge in [0.2, 0.25) is 0 Å². The van der Waals surface area contributed by atoms with Crippen molar-refractivity contribution in [2.24, 2.45) is 5.92 Å². The molecular formula is C12H17Cl2N. The van der Waals surface area contributed by atoms with E-state index in [0.717, 1.165) is 24.4 Å². The SMILES string of the molecule is CNCCC(C)Cc1ccc(Cl)cc1Cl. The fourth-order valence-electron chi connectivity index (χ4n) is 1.56. The Morgan fingerprint density at radius 1 is 1.33 bits per heavy atom. The molecule has 1 N–H and O–H groups in total. The number of benzene rings is 1. The lowest BCUT2D eigenvalue weighted by Gasteiger charge is -2.12. The molecule has 1 aromatic rings. The standard InChI is InChI=1S/C12H17Cl2N/c1-9(5-6-15-2)7-10-3-4-11(13)8-12(10)14/h3-4,8-9,15H,5-7H2,1-2H3. The maximum atomic E-state index is 6.11.